The summed E-state index contributed by atoms with van der Waals surface area (Å²) < 4.78 is 25.4. The highest BCUT2D eigenvalue weighted by Gasteiger charge is 2.13. The van der Waals surface area contributed by atoms with Crippen LogP contribution in [-0.2, 0) is 11.2 Å². The molecule has 2 heterocycles. The van der Waals surface area contributed by atoms with Crippen molar-refractivity contribution < 1.29 is 18.7 Å². The Hall–Kier alpha value is -3.66. The molecule has 0 saturated carbocycles. The number of ether oxygens (including phenoxy) is 2. The van der Waals surface area contributed by atoms with Crippen LogP contribution >= 0.6 is 11.8 Å². The van der Waals surface area contributed by atoms with Gasteiger partial charge in [0.25, 0.3) is 0 Å². The second-order valence-electron chi connectivity index (χ2n) is 7.03. The van der Waals surface area contributed by atoms with Gasteiger partial charge in [-0.2, -0.15) is 5.10 Å². The maximum Gasteiger partial charge on any atom is 0.230 e. The molecule has 1 N–H and O–H groups in total. The fourth-order valence-corrected chi connectivity index (χ4v) is 4.07. The molecule has 0 saturated heterocycles. The number of carbonyl (C=O) groups is 1. The number of hydrogen-bond donors (Lipinski definition) is 1. The highest BCUT2D eigenvalue weighted by molar-refractivity contribution is 8.00. The van der Waals surface area contributed by atoms with Gasteiger partial charge in [-0.05, 0) is 48.4 Å². The van der Waals surface area contributed by atoms with E-state index >= 15 is 0 Å². The molecule has 0 aliphatic carbocycles. The van der Waals surface area contributed by atoms with Crippen molar-refractivity contribution in [2.24, 2.45) is 0 Å². The normalized spacial score (nSPS) is 10.9. The molecule has 0 fully saturated rings. The molecule has 0 aliphatic heterocycles. The SMILES string of the molecule is COc1ccc(CCNC(=O)CSc2ncnc3c2cnn3-c2ccc(F)cc2)cc1OC. The average Bonchev–Trinajstić information content (AvgIpc) is 3.28. The number of fused-ring (bicyclic) bond motifs is 1. The first-order valence-electron chi connectivity index (χ1n) is 10.1. The van der Waals surface area contributed by atoms with Crippen molar-refractivity contribution in [3.8, 4) is 17.2 Å². The smallest absolute Gasteiger partial charge is 0.230 e. The summed E-state index contributed by atoms with van der Waals surface area (Å²) in [5.74, 6) is 1.11. The molecule has 4 aromatic rings. The number of amides is 1. The number of nitrogens with zero attached hydrogens (tertiary/aromatic N) is 4. The van der Waals surface area contributed by atoms with Gasteiger partial charge >= 0.3 is 0 Å². The van der Waals surface area contributed by atoms with Gasteiger partial charge in [0.2, 0.25) is 5.91 Å². The third-order valence-corrected chi connectivity index (χ3v) is 5.93. The van der Waals surface area contributed by atoms with Crippen molar-refractivity contribution in [1.29, 1.82) is 0 Å². The first-order chi connectivity index (χ1) is 16.1. The molecule has 0 radical (unpaired) electrons. The molecule has 10 heteroatoms. The van der Waals surface area contributed by atoms with E-state index in [9.17, 15) is 9.18 Å². The second kappa shape index (κ2) is 10.3. The minimum atomic E-state index is -0.321. The predicted octanol–water partition coefficient (Wildman–Crippen LogP) is 3.42. The Morgan fingerprint density at radius 3 is 2.64 bits per heavy atom. The van der Waals surface area contributed by atoms with Crippen LogP contribution < -0.4 is 14.8 Å². The third-order valence-electron chi connectivity index (χ3n) is 4.92. The summed E-state index contributed by atoms with van der Waals surface area (Å²) in [4.78, 5) is 20.9. The number of aromatic nitrogens is 4. The first-order valence-corrected chi connectivity index (χ1v) is 11.1. The van der Waals surface area contributed by atoms with Crippen LogP contribution in [0.2, 0.25) is 0 Å². The molecule has 0 atom stereocenters. The van der Waals surface area contributed by atoms with E-state index in [1.54, 1.807) is 37.2 Å². The first kappa shape index (κ1) is 22.5. The molecule has 0 unspecified atom stereocenters. The van der Waals surface area contributed by atoms with E-state index < -0.39 is 0 Å². The predicted molar refractivity (Wildman–Crippen MR) is 124 cm³/mol. The lowest BCUT2D eigenvalue weighted by atomic mass is 10.1. The molecule has 0 bridgehead atoms. The van der Waals surface area contributed by atoms with E-state index in [-0.39, 0.29) is 17.5 Å². The molecule has 4 rings (SSSR count). The largest absolute Gasteiger partial charge is 0.493 e. The standard InChI is InChI=1S/C23H22FN5O3S/c1-31-19-8-3-15(11-20(19)32-2)9-10-25-21(30)13-33-23-18-12-28-29(22(18)26-14-27-23)17-6-4-16(24)5-7-17/h3-8,11-12,14H,9-10,13H2,1-2H3,(H,25,30). The molecule has 2 aromatic heterocycles. The van der Waals surface area contributed by atoms with Crippen LogP contribution in [0.25, 0.3) is 16.7 Å². The minimum absolute atomic E-state index is 0.0989. The lowest BCUT2D eigenvalue weighted by molar-refractivity contribution is -0.118. The number of nitrogens with one attached hydrogen (secondary N) is 1. The molecule has 2 aromatic carbocycles. The maximum absolute atomic E-state index is 13.2. The Balaban J connectivity index is 1.35. The highest BCUT2D eigenvalue weighted by atomic mass is 32.2. The lowest BCUT2D eigenvalue weighted by Crippen LogP contribution is -2.27. The van der Waals surface area contributed by atoms with Gasteiger partial charge in [0.15, 0.2) is 17.1 Å². The van der Waals surface area contributed by atoms with Gasteiger partial charge in [-0.25, -0.2) is 19.0 Å². The van der Waals surface area contributed by atoms with Crippen LogP contribution in [0.4, 0.5) is 4.39 Å². The molecular formula is C23H22FN5O3S. The molecule has 170 valence electrons. The summed E-state index contributed by atoms with van der Waals surface area (Å²) in [5, 5.41) is 8.65. The van der Waals surface area contributed by atoms with Crippen molar-refractivity contribution >= 4 is 28.7 Å². The monoisotopic (exact) mass is 467 g/mol. The zero-order valence-corrected chi connectivity index (χ0v) is 18.9. The Kier molecular flexibility index (Phi) is 7.04. The van der Waals surface area contributed by atoms with Gasteiger partial charge in [-0.15, -0.1) is 0 Å². The van der Waals surface area contributed by atoms with Crippen molar-refractivity contribution in [3.05, 3.63) is 66.4 Å². The number of rotatable bonds is 9. The van der Waals surface area contributed by atoms with Gasteiger partial charge in [-0.3, -0.25) is 4.79 Å². The number of methoxy groups -OCH3 is 2. The molecule has 1 amide bonds. The van der Waals surface area contributed by atoms with Gasteiger partial charge in [0.1, 0.15) is 17.2 Å². The van der Waals surface area contributed by atoms with E-state index in [1.165, 1.54) is 30.2 Å². The lowest BCUT2D eigenvalue weighted by Gasteiger charge is -2.10. The fourth-order valence-electron chi connectivity index (χ4n) is 3.28. The zero-order valence-electron chi connectivity index (χ0n) is 18.1. The summed E-state index contributed by atoms with van der Waals surface area (Å²) in [6.45, 7) is 0.497. The van der Waals surface area contributed by atoms with Crippen molar-refractivity contribution in [1.82, 2.24) is 25.1 Å². The summed E-state index contributed by atoms with van der Waals surface area (Å²) in [7, 11) is 3.18. The van der Waals surface area contributed by atoms with Crippen LogP contribution in [0.1, 0.15) is 5.56 Å². The Morgan fingerprint density at radius 2 is 1.88 bits per heavy atom. The quantitative estimate of drug-likeness (QED) is 0.298. The van der Waals surface area contributed by atoms with Gasteiger partial charge in [0.05, 0.1) is 37.2 Å². The highest BCUT2D eigenvalue weighted by Crippen LogP contribution is 2.28. The summed E-state index contributed by atoms with van der Waals surface area (Å²) in [5.41, 5.74) is 2.31. The van der Waals surface area contributed by atoms with Crippen molar-refractivity contribution in [3.63, 3.8) is 0 Å². The van der Waals surface area contributed by atoms with E-state index in [2.05, 4.69) is 20.4 Å². The van der Waals surface area contributed by atoms with E-state index in [4.69, 9.17) is 9.47 Å². The fraction of sp³-hybridized carbons (Fsp3) is 0.217. The average molecular weight is 468 g/mol. The number of hydrogen-bond acceptors (Lipinski definition) is 7. The Bertz CT molecular complexity index is 1260. The third kappa shape index (κ3) is 5.23. The number of thioether (sulfide) groups is 1. The Morgan fingerprint density at radius 1 is 1.09 bits per heavy atom. The molecule has 0 spiro atoms. The second-order valence-corrected chi connectivity index (χ2v) is 7.99. The van der Waals surface area contributed by atoms with Gasteiger partial charge in [-0.1, -0.05) is 17.8 Å². The van der Waals surface area contributed by atoms with Crippen LogP contribution in [-0.4, -0.2) is 52.2 Å². The van der Waals surface area contributed by atoms with Crippen LogP contribution in [0.3, 0.4) is 0 Å². The molecular weight excluding hydrogens is 445 g/mol. The zero-order chi connectivity index (χ0) is 23.2. The topological polar surface area (TPSA) is 91.2 Å². The Labute approximate surface area is 194 Å². The van der Waals surface area contributed by atoms with E-state index in [0.717, 1.165) is 10.9 Å². The van der Waals surface area contributed by atoms with Crippen LogP contribution in [0, 0.1) is 5.82 Å². The van der Waals surface area contributed by atoms with Crippen molar-refractivity contribution in [2.45, 2.75) is 11.4 Å². The van der Waals surface area contributed by atoms with Crippen molar-refractivity contribution in [2.75, 3.05) is 26.5 Å². The number of carbonyl (C=O) groups excluding carboxylic acids is 1. The summed E-state index contributed by atoms with van der Waals surface area (Å²) in [6, 6.07) is 11.7. The van der Waals surface area contributed by atoms with Gasteiger partial charge in [0, 0.05) is 6.54 Å². The minimum Gasteiger partial charge on any atom is -0.493 e. The molecule has 33 heavy (non-hydrogen) atoms. The van der Waals surface area contributed by atoms with E-state index in [0.29, 0.717) is 40.8 Å². The number of halogens is 1. The maximum atomic E-state index is 13.2. The van der Waals surface area contributed by atoms with Crippen LogP contribution in [0.5, 0.6) is 11.5 Å². The van der Waals surface area contributed by atoms with Gasteiger partial charge < -0.3 is 14.8 Å². The van der Waals surface area contributed by atoms with E-state index in [1.807, 2.05) is 18.2 Å². The molecule has 0 aliphatic rings. The summed E-state index contributed by atoms with van der Waals surface area (Å²) in [6.07, 6.45) is 3.75. The van der Waals surface area contributed by atoms with Crippen LogP contribution in [0.15, 0.2) is 60.0 Å². The summed E-state index contributed by atoms with van der Waals surface area (Å²) >= 11 is 1.31. The molecule has 8 nitrogen and oxygen atoms in total. The number of benzene rings is 2.